The Morgan fingerprint density at radius 1 is 1.05 bits per heavy atom. The fourth-order valence-electron chi connectivity index (χ4n) is 3.91. The second-order valence-corrected chi connectivity index (χ2v) is 10.1. The number of methoxy groups -OCH3 is 2. The van der Waals surface area contributed by atoms with Crippen LogP contribution in [0.3, 0.4) is 0 Å². The lowest BCUT2D eigenvalue weighted by Crippen LogP contribution is -2.16. The standard InChI is InChI=1S/C27H28N4O4S2/c1-6-31-24(18-9-11-19(34-4)12-10-18)29-30-27(31)37-15-22(32)28-25-23(26(33)35-5)21(14-36-25)20-13-16(2)7-8-17(20)3/h7-14H,6,15H2,1-5H3,(H,28,32). The summed E-state index contributed by atoms with van der Waals surface area (Å²) in [4.78, 5) is 25.6. The predicted octanol–water partition coefficient (Wildman–Crippen LogP) is 5.84. The number of hydrogen-bond acceptors (Lipinski definition) is 8. The van der Waals surface area contributed by atoms with Crippen LogP contribution in [0.2, 0.25) is 0 Å². The number of thiophene rings is 1. The number of carbonyl (C=O) groups excluding carboxylic acids is 2. The molecule has 4 rings (SSSR count). The van der Waals surface area contributed by atoms with Crippen molar-refractivity contribution in [2.75, 3.05) is 25.3 Å². The molecule has 0 aliphatic carbocycles. The van der Waals surface area contributed by atoms with Gasteiger partial charge in [-0.3, -0.25) is 4.79 Å². The Labute approximate surface area is 224 Å². The van der Waals surface area contributed by atoms with Crippen LogP contribution < -0.4 is 10.1 Å². The smallest absolute Gasteiger partial charge is 0.341 e. The number of ether oxygens (including phenoxy) is 2. The first-order valence-corrected chi connectivity index (χ1v) is 13.5. The van der Waals surface area contributed by atoms with Crippen molar-refractivity contribution in [1.29, 1.82) is 0 Å². The number of hydrogen-bond donors (Lipinski definition) is 1. The lowest BCUT2D eigenvalue weighted by molar-refractivity contribution is -0.113. The van der Waals surface area contributed by atoms with Crippen molar-refractivity contribution in [3.05, 3.63) is 64.5 Å². The number of carbonyl (C=O) groups is 2. The zero-order valence-electron chi connectivity index (χ0n) is 21.3. The zero-order valence-corrected chi connectivity index (χ0v) is 23.0. The van der Waals surface area contributed by atoms with Crippen molar-refractivity contribution >= 4 is 40.0 Å². The summed E-state index contributed by atoms with van der Waals surface area (Å²) in [6, 6.07) is 13.7. The van der Waals surface area contributed by atoms with Crippen molar-refractivity contribution in [2.45, 2.75) is 32.5 Å². The van der Waals surface area contributed by atoms with Gasteiger partial charge in [0.2, 0.25) is 5.91 Å². The maximum absolute atomic E-state index is 12.9. The molecule has 10 heteroatoms. The van der Waals surface area contributed by atoms with E-state index in [0.29, 0.717) is 22.3 Å². The minimum absolute atomic E-state index is 0.109. The first-order valence-electron chi connectivity index (χ1n) is 11.6. The highest BCUT2D eigenvalue weighted by Crippen LogP contribution is 2.38. The Morgan fingerprint density at radius 3 is 2.49 bits per heavy atom. The van der Waals surface area contributed by atoms with Crippen LogP contribution in [-0.4, -0.2) is 46.6 Å². The molecule has 8 nitrogen and oxygen atoms in total. The Morgan fingerprint density at radius 2 is 1.81 bits per heavy atom. The van der Waals surface area contributed by atoms with Crippen molar-refractivity contribution in [3.63, 3.8) is 0 Å². The van der Waals surface area contributed by atoms with Crippen LogP contribution in [0.15, 0.2) is 53.0 Å². The summed E-state index contributed by atoms with van der Waals surface area (Å²) in [5.74, 6) is 0.852. The Balaban J connectivity index is 1.52. The van der Waals surface area contributed by atoms with Crippen molar-refractivity contribution in [2.24, 2.45) is 0 Å². The lowest BCUT2D eigenvalue weighted by atomic mass is 9.97. The molecular weight excluding hydrogens is 508 g/mol. The van der Waals surface area contributed by atoms with Gasteiger partial charge in [-0.15, -0.1) is 21.5 Å². The van der Waals surface area contributed by atoms with E-state index in [1.54, 1.807) is 7.11 Å². The molecule has 0 unspecified atom stereocenters. The second-order valence-electron chi connectivity index (χ2n) is 8.28. The van der Waals surface area contributed by atoms with Crippen LogP contribution in [0.1, 0.15) is 28.4 Å². The minimum Gasteiger partial charge on any atom is -0.497 e. The third-order valence-electron chi connectivity index (χ3n) is 5.83. The molecule has 0 saturated heterocycles. The molecule has 4 aromatic rings. The van der Waals surface area contributed by atoms with E-state index in [0.717, 1.165) is 39.4 Å². The van der Waals surface area contributed by atoms with Crippen LogP contribution in [0.25, 0.3) is 22.5 Å². The average molecular weight is 537 g/mol. The number of benzene rings is 2. The Kier molecular flexibility index (Phi) is 8.30. The topological polar surface area (TPSA) is 95.3 Å². The van der Waals surface area contributed by atoms with E-state index in [1.165, 1.54) is 30.2 Å². The normalized spacial score (nSPS) is 10.8. The van der Waals surface area contributed by atoms with Gasteiger partial charge in [0.1, 0.15) is 16.3 Å². The average Bonchev–Trinajstić information content (AvgIpc) is 3.52. The summed E-state index contributed by atoms with van der Waals surface area (Å²) in [6.07, 6.45) is 0. The first kappa shape index (κ1) is 26.4. The van der Waals surface area contributed by atoms with E-state index in [-0.39, 0.29) is 11.7 Å². The van der Waals surface area contributed by atoms with Gasteiger partial charge in [0.05, 0.1) is 20.0 Å². The molecule has 2 aromatic heterocycles. The van der Waals surface area contributed by atoms with Crippen LogP contribution in [-0.2, 0) is 16.1 Å². The number of aryl methyl sites for hydroxylation is 2. The SMILES string of the molecule is CCn1c(SCC(=O)Nc2scc(-c3cc(C)ccc3C)c2C(=O)OC)nnc1-c1ccc(OC)cc1. The molecule has 0 atom stereocenters. The fourth-order valence-corrected chi connectivity index (χ4v) is 5.67. The number of esters is 1. The largest absolute Gasteiger partial charge is 0.497 e. The molecule has 1 N–H and O–H groups in total. The predicted molar refractivity (Wildman–Crippen MR) is 148 cm³/mol. The van der Waals surface area contributed by atoms with E-state index in [1.807, 2.05) is 73.2 Å². The number of nitrogens with one attached hydrogen (secondary N) is 1. The summed E-state index contributed by atoms with van der Waals surface area (Å²) in [5, 5.41) is 14.5. The third-order valence-corrected chi connectivity index (χ3v) is 7.69. The quantitative estimate of drug-likeness (QED) is 0.212. The summed E-state index contributed by atoms with van der Waals surface area (Å²) < 4.78 is 12.2. The number of aromatic nitrogens is 3. The van der Waals surface area contributed by atoms with Gasteiger partial charge in [0, 0.05) is 23.1 Å². The van der Waals surface area contributed by atoms with Gasteiger partial charge in [0.15, 0.2) is 11.0 Å². The van der Waals surface area contributed by atoms with Crippen LogP contribution in [0, 0.1) is 13.8 Å². The molecular formula is C27H28N4O4S2. The fraction of sp³-hybridized carbons (Fsp3) is 0.259. The van der Waals surface area contributed by atoms with Gasteiger partial charge in [-0.1, -0.05) is 35.5 Å². The van der Waals surface area contributed by atoms with Gasteiger partial charge >= 0.3 is 5.97 Å². The minimum atomic E-state index is -0.491. The van der Waals surface area contributed by atoms with Crippen LogP contribution in [0.5, 0.6) is 5.75 Å². The maximum Gasteiger partial charge on any atom is 0.341 e. The summed E-state index contributed by atoms with van der Waals surface area (Å²) in [7, 11) is 2.96. The number of rotatable bonds is 9. The van der Waals surface area contributed by atoms with Gasteiger partial charge in [-0.05, 0) is 56.2 Å². The monoisotopic (exact) mass is 536 g/mol. The summed E-state index contributed by atoms with van der Waals surface area (Å²) in [5.41, 5.74) is 5.07. The molecule has 37 heavy (non-hydrogen) atoms. The molecule has 0 aliphatic heterocycles. The number of thioether (sulfide) groups is 1. The molecule has 0 spiro atoms. The molecule has 0 bridgehead atoms. The summed E-state index contributed by atoms with van der Waals surface area (Å²) in [6.45, 7) is 6.65. The number of nitrogens with zero attached hydrogens (tertiary/aromatic N) is 3. The summed E-state index contributed by atoms with van der Waals surface area (Å²) >= 11 is 2.60. The maximum atomic E-state index is 12.9. The highest BCUT2D eigenvalue weighted by Gasteiger charge is 2.24. The van der Waals surface area contributed by atoms with E-state index in [4.69, 9.17) is 9.47 Å². The molecule has 1 amide bonds. The van der Waals surface area contributed by atoms with Crippen molar-refractivity contribution in [1.82, 2.24) is 14.8 Å². The highest BCUT2D eigenvalue weighted by atomic mass is 32.2. The molecule has 192 valence electrons. The van der Waals surface area contributed by atoms with E-state index in [2.05, 4.69) is 15.5 Å². The molecule has 0 saturated carbocycles. The van der Waals surface area contributed by atoms with E-state index >= 15 is 0 Å². The second kappa shape index (κ2) is 11.6. The van der Waals surface area contributed by atoms with Gasteiger partial charge < -0.3 is 19.4 Å². The molecule has 2 aromatic carbocycles. The number of anilines is 1. The molecule has 0 fully saturated rings. The van der Waals surface area contributed by atoms with Crippen molar-refractivity contribution in [3.8, 4) is 28.3 Å². The van der Waals surface area contributed by atoms with E-state index < -0.39 is 5.97 Å². The van der Waals surface area contributed by atoms with Crippen LogP contribution in [0.4, 0.5) is 5.00 Å². The Bertz CT molecular complexity index is 1430. The lowest BCUT2D eigenvalue weighted by Gasteiger charge is -2.10. The molecule has 0 radical (unpaired) electrons. The molecule has 0 aliphatic rings. The number of amides is 1. The van der Waals surface area contributed by atoms with Gasteiger partial charge in [0.25, 0.3) is 0 Å². The van der Waals surface area contributed by atoms with Gasteiger partial charge in [-0.2, -0.15) is 0 Å². The van der Waals surface area contributed by atoms with Crippen LogP contribution >= 0.6 is 23.1 Å². The Hall–Kier alpha value is -3.63. The van der Waals surface area contributed by atoms with Crippen molar-refractivity contribution < 1.29 is 19.1 Å². The third kappa shape index (κ3) is 5.70. The highest BCUT2D eigenvalue weighted by molar-refractivity contribution is 7.99. The van der Waals surface area contributed by atoms with Gasteiger partial charge in [-0.25, -0.2) is 4.79 Å². The first-order chi connectivity index (χ1) is 17.9. The zero-order chi connectivity index (χ0) is 26.5. The molecule has 2 heterocycles. The van der Waals surface area contributed by atoms with E-state index in [9.17, 15) is 9.59 Å².